The summed E-state index contributed by atoms with van der Waals surface area (Å²) in [5, 5.41) is 0. The van der Waals surface area contributed by atoms with Gasteiger partial charge in [0.15, 0.2) is 0 Å². The van der Waals surface area contributed by atoms with Crippen molar-refractivity contribution in [2.45, 2.75) is 77.0 Å². The van der Waals surface area contributed by atoms with Gasteiger partial charge in [-0.15, -0.1) is 0 Å². The zero-order chi connectivity index (χ0) is 14.9. The number of hydrogen-bond acceptors (Lipinski definition) is 0. The highest BCUT2D eigenvalue weighted by Gasteiger charge is 2.23. The molecule has 0 aromatic heterocycles. The van der Waals surface area contributed by atoms with Crippen LogP contribution in [-0.2, 0) is 0 Å². The Balaban J connectivity index is 2.60. The molecule has 0 aliphatic carbocycles. The Morgan fingerprint density at radius 3 is 1.55 bits per heavy atom. The van der Waals surface area contributed by atoms with E-state index in [1.165, 1.54) is 29.9 Å². The van der Waals surface area contributed by atoms with E-state index in [9.17, 15) is 0 Å². The van der Waals surface area contributed by atoms with Gasteiger partial charge in [0.25, 0.3) is 0 Å². The second kappa shape index (κ2) is 6.56. The predicted octanol–water partition coefficient (Wildman–Crippen LogP) is 6.21. The van der Waals surface area contributed by atoms with Gasteiger partial charge in [0.2, 0.25) is 0 Å². The summed E-state index contributed by atoms with van der Waals surface area (Å²) in [5.41, 5.74) is 4.86. The minimum absolute atomic E-state index is 0.122. The average molecular weight is 293 g/mol. The summed E-state index contributed by atoms with van der Waals surface area (Å²) in [6.45, 7) is 14.1. The van der Waals surface area contributed by atoms with Crippen LogP contribution in [0, 0.1) is 0 Å². The van der Waals surface area contributed by atoms with Gasteiger partial charge in [-0.3, -0.25) is 0 Å². The highest BCUT2D eigenvalue weighted by Crippen LogP contribution is 2.50. The molecule has 1 aliphatic heterocycles. The van der Waals surface area contributed by atoms with Crippen LogP contribution in [0.25, 0.3) is 0 Å². The van der Waals surface area contributed by atoms with Crippen molar-refractivity contribution in [3.8, 4) is 0 Å². The molecule has 1 aromatic carbocycles. The van der Waals surface area contributed by atoms with Crippen molar-refractivity contribution in [2.24, 2.45) is 0 Å². The first-order valence-corrected chi connectivity index (χ1v) is 10.1. The van der Waals surface area contributed by atoms with E-state index in [1.54, 1.807) is 16.0 Å². The van der Waals surface area contributed by atoms with Crippen LogP contribution in [-0.4, -0.2) is 11.5 Å². The second-order valence-corrected chi connectivity index (χ2v) is 9.63. The molecule has 0 amide bonds. The minimum Gasteiger partial charge on any atom is -0.226 e. The normalized spacial score (nSPS) is 17.8. The molecule has 1 heteroatoms. The van der Waals surface area contributed by atoms with Crippen LogP contribution in [0.5, 0.6) is 0 Å². The van der Waals surface area contributed by atoms with Crippen LogP contribution in [0.15, 0.2) is 17.0 Å². The van der Waals surface area contributed by atoms with Gasteiger partial charge in [-0.05, 0) is 63.7 Å². The predicted molar refractivity (Wildman–Crippen MR) is 94.9 cm³/mol. The first kappa shape index (κ1) is 15.9. The van der Waals surface area contributed by atoms with Gasteiger partial charge >= 0.3 is 0 Å². The summed E-state index contributed by atoms with van der Waals surface area (Å²) in [6.07, 6.45) is 2.90. The fourth-order valence-electron chi connectivity index (χ4n) is 3.22. The molecule has 0 saturated carbocycles. The lowest BCUT2D eigenvalue weighted by Gasteiger charge is -2.28. The van der Waals surface area contributed by atoms with Gasteiger partial charge in [-0.2, -0.15) is 0 Å². The van der Waals surface area contributed by atoms with E-state index < -0.39 is 0 Å². The summed E-state index contributed by atoms with van der Waals surface area (Å²) in [7, 11) is 0.122. The topological polar surface area (TPSA) is 0 Å². The molecule has 0 radical (unpaired) electrons. The first-order valence-electron chi connectivity index (χ1n) is 8.34. The van der Waals surface area contributed by atoms with E-state index in [1.807, 2.05) is 0 Å². The lowest BCUT2D eigenvalue weighted by atomic mass is 9.89. The molecule has 1 aliphatic rings. The Bertz CT molecular complexity index is 422. The molecule has 114 valence electrons. The Morgan fingerprint density at radius 1 is 0.750 bits per heavy atom. The highest BCUT2D eigenvalue weighted by molar-refractivity contribution is 8.17. The van der Waals surface area contributed by atoms with Gasteiger partial charge in [0.05, 0.1) is 0 Å². The van der Waals surface area contributed by atoms with Gasteiger partial charge < -0.3 is 0 Å². The third kappa shape index (κ3) is 3.24. The summed E-state index contributed by atoms with van der Waals surface area (Å²) in [4.78, 5) is 1.78. The molecule has 0 atom stereocenters. The summed E-state index contributed by atoms with van der Waals surface area (Å²) in [5.74, 6) is 4.88. The van der Waals surface area contributed by atoms with E-state index in [4.69, 9.17) is 0 Å². The smallest absolute Gasteiger partial charge is 0.00552 e. The van der Waals surface area contributed by atoms with Crippen molar-refractivity contribution in [3.05, 3.63) is 28.8 Å². The van der Waals surface area contributed by atoms with Crippen molar-refractivity contribution in [2.75, 3.05) is 11.5 Å². The van der Waals surface area contributed by atoms with Crippen molar-refractivity contribution >= 4 is 10.9 Å². The maximum Gasteiger partial charge on any atom is -0.00552 e. The van der Waals surface area contributed by atoms with E-state index in [2.05, 4.69) is 53.7 Å². The zero-order valence-corrected chi connectivity index (χ0v) is 15.1. The Labute approximate surface area is 128 Å². The van der Waals surface area contributed by atoms with Crippen LogP contribution in [0.3, 0.4) is 0 Å². The van der Waals surface area contributed by atoms with Crippen molar-refractivity contribution in [1.82, 2.24) is 0 Å². The Hall–Kier alpha value is -0.430. The molecule has 2 rings (SSSR count). The largest absolute Gasteiger partial charge is 0.226 e. The van der Waals surface area contributed by atoms with E-state index >= 15 is 0 Å². The highest BCUT2D eigenvalue weighted by atomic mass is 32.2. The standard InChI is InChI=1S/C19H32S/c1-13(2)16-11-17(14(3)4)19(18(12-16)15(5)6)20-9-7-8-10-20/h11-15,20H,7-10H2,1-6H3. The Kier molecular flexibility index (Phi) is 5.23. The summed E-state index contributed by atoms with van der Waals surface area (Å²) in [6, 6.07) is 5.05. The molecule has 1 fully saturated rings. The zero-order valence-electron chi connectivity index (χ0n) is 14.2. The number of thiol groups is 1. The third-order valence-corrected chi connectivity index (χ3v) is 7.39. The van der Waals surface area contributed by atoms with Gasteiger partial charge in [0, 0.05) is 0 Å². The maximum atomic E-state index is 2.52. The maximum absolute atomic E-state index is 2.52. The molecule has 0 spiro atoms. The van der Waals surface area contributed by atoms with Crippen molar-refractivity contribution in [1.29, 1.82) is 0 Å². The van der Waals surface area contributed by atoms with Crippen LogP contribution in [0.1, 0.15) is 88.8 Å². The van der Waals surface area contributed by atoms with Crippen LogP contribution in [0.4, 0.5) is 0 Å². The van der Waals surface area contributed by atoms with Gasteiger partial charge in [-0.1, -0.05) is 53.7 Å². The molecule has 0 unspecified atom stereocenters. The third-order valence-electron chi connectivity index (χ3n) is 4.52. The SMILES string of the molecule is CC(C)c1cc(C(C)C)c([SH]2CCCC2)c(C(C)C)c1. The monoisotopic (exact) mass is 292 g/mol. The van der Waals surface area contributed by atoms with Gasteiger partial charge in [0.1, 0.15) is 0 Å². The molecule has 0 N–H and O–H groups in total. The molecule has 1 heterocycles. The lowest BCUT2D eigenvalue weighted by Crippen LogP contribution is -2.05. The summed E-state index contributed by atoms with van der Waals surface area (Å²) < 4.78 is 0. The van der Waals surface area contributed by atoms with Crippen molar-refractivity contribution < 1.29 is 0 Å². The van der Waals surface area contributed by atoms with E-state index in [0.29, 0.717) is 17.8 Å². The summed E-state index contributed by atoms with van der Waals surface area (Å²) >= 11 is 0. The molecular weight excluding hydrogens is 260 g/mol. The molecule has 0 nitrogen and oxygen atoms in total. The van der Waals surface area contributed by atoms with Crippen LogP contribution < -0.4 is 0 Å². The molecular formula is C19H32S. The molecule has 1 saturated heterocycles. The molecule has 0 bridgehead atoms. The number of benzene rings is 1. The Morgan fingerprint density at radius 2 is 1.20 bits per heavy atom. The fourth-order valence-corrected chi connectivity index (χ4v) is 6.48. The van der Waals surface area contributed by atoms with Gasteiger partial charge in [-0.25, -0.2) is 10.9 Å². The second-order valence-electron chi connectivity index (χ2n) is 7.21. The first-order chi connectivity index (χ1) is 9.41. The molecule has 1 aromatic rings. The van der Waals surface area contributed by atoms with Crippen LogP contribution >= 0.6 is 10.9 Å². The van der Waals surface area contributed by atoms with E-state index in [-0.39, 0.29) is 10.9 Å². The van der Waals surface area contributed by atoms with E-state index in [0.717, 1.165) is 0 Å². The average Bonchev–Trinajstić information content (AvgIpc) is 2.90. The lowest BCUT2D eigenvalue weighted by molar-refractivity contribution is 0.771. The fraction of sp³-hybridized carbons (Fsp3) is 0.684. The molecule has 20 heavy (non-hydrogen) atoms. The minimum atomic E-state index is 0.122. The number of hydrogen-bond donors (Lipinski definition) is 1. The van der Waals surface area contributed by atoms with Crippen LogP contribution in [0.2, 0.25) is 0 Å². The number of rotatable bonds is 4. The quantitative estimate of drug-likeness (QED) is 0.626. The van der Waals surface area contributed by atoms with Crippen molar-refractivity contribution in [3.63, 3.8) is 0 Å².